The number of hydrogen-bond acceptors (Lipinski definition) is 3. The van der Waals surface area contributed by atoms with Crippen molar-refractivity contribution in [3.8, 4) is 0 Å². The first-order valence-corrected chi connectivity index (χ1v) is 8.72. The standard InChI is InChI=1S/C17H28N2S/c1-17(2)10-12-19(13-14-20-17)11-6-9-16(18)15-7-4-3-5-8-15/h3-5,7-8,16H,6,9-14,18H2,1-2H3. The van der Waals surface area contributed by atoms with Crippen molar-refractivity contribution in [3.05, 3.63) is 35.9 Å². The molecular formula is C17H28N2S. The maximum atomic E-state index is 6.26. The molecule has 0 aliphatic carbocycles. The van der Waals surface area contributed by atoms with Gasteiger partial charge in [-0.05, 0) is 37.9 Å². The third-order valence-corrected chi connectivity index (χ3v) is 5.52. The van der Waals surface area contributed by atoms with E-state index in [-0.39, 0.29) is 6.04 Å². The number of benzene rings is 1. The Bertz CT molecular complexity index is 391. The van der Waals surface area contributed by atoms with Crippen LogP contribution in [0.5, 0.6) is 0 Å². The molecule has 1 aliphatic rings. The highest BCUT2D eigenvalue weighted by Gasteiger charge is 2.23. The van der Waals surface area contributed by atoms with E-state index in [1.54, 1.807) is 0 Å². The molecule has 2 rings (SSSR count). The molecule has 0 aromatic heterocycles. The summed E-state index contributed by atoms with van der Waals surface area (Å²) in [4.78, 5) is 2.61. The Kier molecular flexibility index (Phi) is 5.94. The number of thioether (sulfide) groups is 1. The van der Waals surface area contributed by atoms with Crippen molar-refractivity contribution in [1.29, 1.82) is 0 Å². The molecule has 1 heterocycles. The van der Waals surface area contributed by atoms with Gasteiger partial charge in [-0.15, -0.1) is 0 Å². The zero-order valence-electron chi connectivity index (χ0n) is 12.8. The van der Waals surface area contributed by atoms with Gasteiger partial charge in [-0.3, -0.25) is 0 Å². The van der Waals surface area contributed by atoms with Gasteiger partial charge in [-0.1, -0.05) is 44.2 Å². The Hall–Kier alpha value is -0.510. The van der Waals surface area contributed by atoms with Gasteiger partial charge in [-0.2, -0.15) is 11.8 Å². The summed E-state index contributed by atoms with van der Waals surface area (Å²) in [6.07, 6.45) is 3.57. The molecule has 1 saturated heterocycles. The molecule has 0 radical (unpaired) electrons. The highest BCUT2D eigenvalue weighted by Crippen LogP contribution is 2.30. The van der Waals surface area contributed by atoms with Crippen LogP contribution in [0.25, 0.3) is 0 Å². The van der Waals surface area contributed by atoms with Crippen molar-refractivity contribution in [1.82, 2.24) is 4.90 Å². The summed E-state index contributed by atoms with van der Waals surface area (Å²) in [7, 11) is 0. The van der Waals surface area contributed by atoms with Gasteiger partial charge >= 0.3 is 0 Å². The third-order valence-electron chi connectivity index (χ3n) is 4.15. The molecule has 1 aromatic rings. The average Bonchev–Trinajstić information content (AvgIpc) is 2.61. The highest BCUT2D eigenvalue weighted by atomic mass is 32.2. The molecule has 1 aromatic carbocycles. The lowest BCUT2D eigenvalue weighted by molar-refractivity contribution is 0.275. The van der Waals surface area contributed by atoms with Crippen LogP contribution in [0.3, 0.4) is 0 Å². The van der Waals surface area contributed by atoms with Gasteiger partial charge in [0.25, 0.3) is 0 Å². The summed E-state index contributed by atoms with van der Waals surface area (Å²) in [6.45, 7) is 8.39. The van der Waals surface area contributed by atoms with E-state index in [1.165, 1.54) is 43.8 Å². The smallest absolute Gasteiger partial charge is 0.0295 e. The zero-order chi connectivity index (χ0) is 14.4. The van der Waals surface area contributed by atoms with Crippen LogP contribution in [0.4, 0.5) is 0 Å². The van der Waals surface area contributed by atoms with Crippen LogP contribution in [0.1, 0.15) is 44.7 Å². The molecule has 2 N–H and O–H groups in total. The third kappa shape index (κ3) is 5.12. The Morgan fingerprint density at radius 2 is 2.00 bits per heavy atom. The SMILES string of the molecule is CC1(C)CCN(CCCC(N)c2ccccc2)CCS1. The summed E-state index contributed by atoms with van der Waals surface area (Å²) >= 11 is 2.12. The molecular weight excluding hydrogens is 264 g/mol. The van der Waals surface area contributed by atoms with Crippen molar-refractivity contribution < 1.29 is 0 Å². The minimum atomic E-state index is 0.189. The summed E-state index contributed by atoms with van der Waals surface area (Å²) in [5.41, 5.74) is 7.53. The van der Waals surface area contributed by atoms with Crippen molar-refractivity contribution in [3.63, 3.8) is 0 Å². The largest absolute Gasteiger partial charge is 0.324 e. The first kappa shape index (κ1) is 15.9. The highest BCUT2D eigenvalue weighted by molar-refractivity contribution is 8.00. The van der Waals surface area contributed by atoms with Crippen LogP contribution in [0, 0.1) is 0 Å². The van der Waals surface area contributed by atoms with Crippen molar-refractivity contribution in [2.45, 2.75) is 43.9 Å². The molecule has 0 amide bonds. The minimum absolute atomic E-state index is 0.189. The van der Waals surface area contributed by atoms with Crippen LogP contribution < -0.4 is 5.73 Å². The Balaban J connectivity index is 1.71. The van der Waals surface area contributed by atoms with Crippen LogP contribution in [0.15, 0.2) is 30.3 Å². The number of nitrogens with zero attached hydrogens (tertiary/aromatic N) is 1. The van der Waals surface area contributed by atoms with Gasteiger partial charge in [0.05, 0.1) is 0 Å². The lowest BCUT2D eigenvalue weighted by Gasteiger charge is -2.23. The predicted molar refractivity (Wildman–Crippen MR) is 90.2 cm³/mol. The van der Waals surface area contributed by atoms with E-state index >= 15 is 0 Å². The summed E-state index contributed by atoms with van der Waals surface area (Å²) in [5, 5.41) is 0. The first-order valence-electron chi connectivity index (χ1n) is 7.74. The molecule has 20 heavy (non-hydrogen) atoms. The second-order valence-corrected chi connectivity index (χ2v) is 8.16. The fourth-order valence-electron chi connectivity index (χ4n) is 2.69. The van der Waals surface area contributed by atoms with E-state index in [4.69, 9.17) is 5.73 Å². The Morgan fingerprint density at radius 1 is 1.25 bits per heavy atom. The quantitative estimate of drug-likeness (QED) is 0.897. The van der Waals surface area contributed by atoms with Crippen LogP contribution in [0.2, 0.25) is 0 Å². The molecule has 0 bridgehead atoms. The van der Waals surface area contributed by atoms with E-state index in [0.717, 1.165) is 6.42 Å². The van der Waals surface area contributed by atoms with Gasteiger partial charge in [0, 0.05) is 23.1 Å². The summed E-state index contributed by atoms with van der Waals surface area (Å²) in [5.74, 6) is 1.26. The van der Waals surface area contributed by atoms with Gasteiger partial charge in [0.1, 0.15) is 0 Å². The lowest BCUT2D eigenvalue weighted by atomic mass is 10.0. The van der Waals surface area contributed by atoms with Crippen molar-refractivity contribution in [2.24, 2.45) is 5.73 Å². The number of rotatable bonds is 5. The Morgan fingerprint density at radius 3 is 2.75 bits per heavy atom. The van der Waals surface area contributed by atoms with E-state index < -0.39 is 0 Å². The number of nitrogens with two attached hydrogens (primary N) is 1. The topological polar surface area (TPSA) is 29.3 Å². The van der Waals surface area contributed by atoms with E-state index in [2.05, 4.69) is 54.8 Å². The van der Waals surface area contributed by atoms with Crippen LogP contribution in [-0.4, -0.2) is 35.0 Å². The van der Waals surface area contributed by atoms with Crippen molar-refractivity contribution >= 4 is 11.8 Å². The van der Waals surface area contributed by atoms with Gasteiger partial charge in [-0.25, -0.2) is 0 Å². The molecule has 0 saturated carbocycles. The van der Waals surface area contributed by atoms with Gasteiger partial charge in [0.15, 0.2) is 0 Å². The van der Waals surface area contributed by atoms with E-state index in [9.17, 15) is 0 Å². The molecule has 2 nitrogen and oxygen atoms in total. The monoisotopic (exact) mass is 292 g/mol. The second kappa shape index (κ2) is 7.48. The molecule has 0 spiro atoms. The zero-order valence-corrected chi connectivity index (χ0v) is 13.7. The molecule has 1 unspecified atom stereocenters. The Labute approximate surface area is 128 Å². The van der Waals surface area contributed by atoms with E-state index in [0.29, 0.717) is 4.75 Å². The molecule has 1 aliphatic heterocycles. The molecule has 112 valence electrons. The molecule has 3 heteroatoms. The maximum absolute atomic E-state index is 6.26. The van der Waals surface area contributed by atoms with Crippen molar-refractivity contribution in [2.75, 3.05) is 25.4 Å². The van der Waals surface area contributed by atoms with Gasteiger partial charge in [0.2, 0.25) is 0 Å². The normalized spacial score (nSPS) is 21.4. The lowest BCUT2D eigenvalue weighted by Crippen LogP contribution is -2.28. The van der Waals surface area contributed by atoms with Crippen LogP contribution in [-0.2, 0) is 0 Å². The fraction of sp³-hybridized carbons (Fsp3) is 0.647. The fourth-order valence-corrected chi connectivity index (χ4v) is 3.83. The molecule has 1 atom stereocenters. The second-order valence-electron chi connectivity index (χ2n) is 6.36. The first-order chi connectivity index (χ1) is 9.57. The van der Waals surface area contributed by atoms with E-state index in [1.807, 2.05) is 6.07 Å². The van der Waals surface area contributed by atoms with Gasteiger partial charge < -0.3 is 10.6 Å². The van der Waals surface area contributed by atoms with Crippen LogP contribution >= 0.6 is 11.8 Å². The average molecular weight is 292 g/mol. The predicted octanol–water partition coefficient (Wildman–Crippen LogP) is 3.68. The number of hydrogen-bond donors (Lipinski definition) is 1. The maximum Gasteiger partial charge on any atom is 0.0295 e. The molecule has 1 fully saturated rings. The summed E-state index contributed by atoms with van der Waals surface area (Å²) < 4.78 is 0.454. The minimum Gasteiger partial charge on any atom is -0.324 e. The summed E-state index contributed by atoms with van der Waals surface area (Å²) in [6, 6.07) is 10.7.